The Kier molecular flexibility index (Phi) is 2.22. The number of nitrogens with zero attached hydrogens (tertiary/aromatic N) is 1. The van der Waals surface area contributed by atoms with Crippen molar-refractivity contribution >= 4 is 27.2 Å². The standard InChI is InChI=1S/C13H16N2OS/c1-13(2)5-8-10(9(16)6-13)11(14)12-7(15-8)3-4-17-12/h3-4,9,16H,5-6H2,1-2H3,(H2,14,15). The predicted molar refractivity (Wildman–Crippen MR) is 71.1 cm³/mol. The molecule has 2 aromatic rings. The van der Waals surface area contributed by atoms with Crippen molar-refractivity contribution in [3.63, 3.8) is 0 Å². The number of nitrogens with two attached hydrogens (primary N) is 1. The Morgan fingerprint density at radius 1 is 1.53 bits per heavy atom. The molecule has 0 aromatic carbocycles. The largest absolute Gasteiger partial charge is 0.397 e. The van der Waals surface area contributed by atoms with Crippen LogP contribution in [-0.2, 0) is 6.42 Å². The third-order valence-corrected chi connectivity index (χ3v) is 4.41. The number of thiophene rings is 1. The molecule has 3 N–H and O–H groups in total. The van der Waals surface area contributed by atoms with Gasteiger partial charge in [-0.05, 0) is 29.7 Å². The zero-order chi connectivity index (χ0) is 12.2. The molecule has 1 aliphatic rings. The summed E-state index contributed by atoms with van der Waals surface area (Å²) in [5.41, 5.74) is 9.78. The van der Waals surface area contributed by atoms with E-state index in [0.717, 1.165) is 40.0 Å². The quantitative estimate of drug-likeness (QED) is 0.753. The summed E-state index contributed by atoms with van der Waals surface area (Å²) in [5.74, 6) is 0. The molecule has 3 rings (SSSR count). The molecule has 4 heteroatoms. The minimum absolute atomic E-state index is 0.0928. The van der Waals surface area contributed by atoms with E-state index in [4.69, 9.17) is 5.73 Å². The zero-order valence-electron chi connectivity index (χ0n) is 10.0. The number of aliphatic hydroxyl groups is 1. The highest BCUT2D eigenvalue weighted by molar-refractivity contribution is 7.17. The lowest BCUT2D eigenvalue weighted by Gasteiger charge is -2.34. The molecule has 0 spiro atoms. The Labute approximate surface area is 104 Å². The van der Waals surface area contributed by atoms with Crippen LogP contribution >= 0.6 is 11.3 Å². The average Bonchev–Trinajstić information content (AvgIpc) is 2.62. The van der Waals surface area contributed by atoms with Crippen LogP contribution in [0.3, 0.4) is 0 Å². The van der Waals surface area contributed by atoms with Crippen molar-refractivity contribution in [2.45, 2.75) is 32.8 Å². The average molecular weight is 248 g/mol. The van der Waals surface area contributed by atoms with Gasteiger partial charge in [-0.15, -0.1) is 11.3 Å². The van der Waals surface area contributed by atoms with Crippen LogP contribution in [0.5, 0.6) is 0 Å². The Morgan fingerprint density at radius 2 is 2.29 bits per heavy atom. The molecule has 0 radical (unpaired) electrons. The number of fused-ring (bicyclic) bond motifs is 2. The Hall–Kier alpha value is -1.13. The normalized spacial score (nSPS) is 22.6. The third-order valence-electron chi connectivity index (χ3n) is 3.47. The van der Waals surface area contributed by atoms with E-state index < -0.39 is 6.10 Å². The van der Waals surface area contributed by atoms with Crippen molar-refractivity contribution in [2.24, 2.45) is 5.41 Å². The van der Waals surface area contributed by atoms with Crippen LogP contribution in [0.2, 0.25) is 0 Å². The molecular weight excluding hydrogens is 232 g/mol. The molecule has 1 atom stereocenters. The summed E-state index contributed by atoms with van der Waals surface area (Å²) < 4.78 is 1.00. The van der Waals surface area contributed by atoms with E-state index in [2.05, 4.69) is 18.8 Å². The van der Waals surface area contributed by atoms with E-state index in [1.165, 1.54) is 0 Å². The second-order valence-electron chi connectivity index (χ2n) is 5.58. The summed E-state index contributed by atoms with van der Waals surface area (Å²) in [6.45, 7) is 4.32. The van der Waals surface area contributed by atoms with Gasteiger partial charge in [0.15, 0.2) is 0 Å². The summed E-state index contributed by atoms with van der Waals surface area (Å²) in [6.07, 6.45) is 1.16. The van der Waals surface area contributed by atoms with Crippen LogP contribution < -0.4 is 5.73 Å². The highest BCUT2D eigenvalue weighted by Gasteiger charge is 2.34. The van der Waals surface area contributed by atoms with Gasteiger partial charge in [-0.3, -0.25) is 4.98 Å². The summed E-state index contributed by atoms with van der Waals surface area (Å²) in [7, 11) is 0. The van der Waals surface area contributed by atoms with Crippen LogP contribution in [0, 0.1) is 5.41 Å². The lowest BCUT2D eigenvalue weighted by molar-refractivity contribution is 0.0992. The molecule has 0 saturated heterocycles. The van der Waals surface area contributed by atoms with Crippen LogP contribution in [0.4, 0.5) is 5.69 Å². The van der Waals surface area contributed by atoms with Gasteiger partial charge >= 0.3 is 0 Å². The number of hydrogen-bond donors (Lipinski definition) is 2. The first-order valence-electron chi connectivity index (χ1n) is 5.81. The van der Waals surface area contributed by atoms with E-state index in [0.29, 0.717) is 0 Å². The van der Waals surface area contributed by atoms with Gasteiger partial charge in [-0.1, -0.05) is 13.8 Å². The highest BCUT2D eigenvalue weighted by atomic mass is 32.1. The third kappa shape index (κ3) is 1.63. The molecule has 0 fully saturated rings. The molecular formula is C13H16N2OS. The van der Waals surface area contributed by atoms with Gasteiger partial charge < -0.3 is 10.8 Å². The van der Waals surface area contributed by atoms with E-state index in [1.54, 1.807) is 11.3 Å². The van der Waals surface area contributed by atoms with Gasteiger partial charge in [0.2, 0.25) is 0 Å². The fourth-order valence-electron chi connectivity index (χ4n) is 2.73. The van der Waals surface area contributed by atoms with Crippen LogP contribution in [0.1, 0.15) is 37.6 Å². The Balaban J connectivity index is 2.28. The molecule has 1 aliphatic carbocycles. The number of anilines is 1. The van der Waals surface area contributed by atoms with Crippen molar-refractivity contribution in [2.75, 3.05) is 5.73 Å². The number of aliphatic hydroxyl groups excluding tert-OH is 1. The molecule has 2 aromatic heterocycles. The topological polar surface area (TPSA) is 59.1 Å². The lowest BCUT2D eigenvalue weighted by atomic mass is 9.74. The number of hydrogen-bond acceptors (Lipinski definition) is 4. The minimum Gasteiger partial charge on any atom is -0.397 e. The van der Waals surface area contributed by atoms with Crippen molar-refractivity contribution in [1.29, 1.82) is 0 Å². The van der Waals surface area contributed by atoms with Crippen molar-refractivity contribution in [3.05, 3.63) is 22.7 Å². The Bertz CT molecular complexity index is 588. The second-order valence-corrected chi connectivity index (χ2v) is 6.50. The number of pyridine rings is 1. The van der Waals surface area contributed by atoms with Gasteiger partial charge in [0, 0.05) is 11.3 Å². The van der Waals surface area contributed by atoms with Crippen molar-refractivity contribution in [1.82, 2.24) is 4.98 Å². The summed E-state index contributed by atoms with van der Waals surface area (Å²) in [5, 5.41) is 12.3. The smallest absolute Gasteiger partial charge is 0.0834 e. The van der Waals surface area contributed by atoms with Crippen molar-refractivity contribution in [3.8, 4) is 0 Å². The first kappa shape index (κ1) is 11.0. The van der Waals surface area contributed by atoms with Gasteiger partial charge in [0.25, 0.3) is 0 Å². The molecule has 0 aliphatic heterocycles. The first-order valence-corrected chi connectivity index (χ1v) is 6.69. The summed E-state index contributed by atoms with van der Waals surface area (Å²) >= 11 is 1.59. The molecule has 0 bridgehead atoms. The Morgan fingerprint density at radius 3 is 3.06 bits per heavy atom. The molecule has 0 saturated carbocycles. The maximum absolute atomic E-state index is 10.3. The maximum atomic E-state index is 10.3. The molecule has 3 nitrogen and oxygen atoms in total. The number of aromatic nitrogens is 1. The molecule has 2 heterocycles. The van der Waals surface area contributed by atoms with Gasteiger partial charge in [-0.25, -0.2) is 0 Å². The molecule has 0 amide bonds. The fourth-order valence-corrected chi connectivity index (χ4v) is 3.54. The van der Waals surface area contributed by atoms with E-state index in [-0.39, 0.29) is 5.41 Å². The fraction of sp³-hybridized carbons (Fsp3) is 0.462. The predicted octanol–water partition coefficient (Wildman–Crippen LogP) is 2.88. The zero-order valence-corrected chi connectivity index (χ0v) is 10.8. The molecule has 1 unspecified atom stereocenters. The lowest BCUT2D eigenvalue weighted by Crippen LogP contribution is -2.27. The SMILES string of the molecule is CC1(C)Cc2nc3ccsc3c(N)c2C(O)C1. The highest BCUT2D eigenvalue weighted by Crippen LogP contribution is 2.44. The van der Waals surface area contributed by atoms with E-state index >= 15 is 0 Å². The van der Waals surface area contributed by atoms with Gasteiger partial charge in [0.05, 0.1) is 22.0 Å². The second kappa shape index (κ2) is 3.43. The van der Waals surface area contributed by atoms with Crippen LogP contribution in [0.15, 0.2) is 11.4 Å². The van der Waals surface area contributed by atoms with E-state index in [9.17, 15) is 5.11 Å². The maximum Gasteiger partial charge on any atom is 0.0834 e. The monoisotopic (exact) mass is 248 g/mol. The van der Waals surface area contributed by atoms with Crippen molar-refractivity contribution < 1.29 is 5.11 Å². The number of nitrogen functional groups attached to an aromatic ring is 1. The molecule has 90 valence electrons. The first-order chi connectivity index (χ1) is 7.98. The van der Waals surface area contributed by atoms with E-state index in [1.807, 2.05) is 11.4 Å². The van der Waals surface area contributed by atoms with Crippen LogP contribution in [0.25, 0.3) is 10.2 Å². The molecule has 17 heavy (non-hydrogen) atoms. The summed E-state index contributed by atoms with van der Waals surface area (Å²) in [4.78, 5) is 4.65. The minimum atomic E-state index is -0.479. The van der Waals surface area contributed by atoms with Gasteiger partial charge in [-0.2, -0.15) is 0 Å². The van der Waals surface area contributed by atoms with Crippen LogP contribution in [-0.4, -0.2) is 10.1 Å². The summed E-state index contributed by atoms with van der Waals surface area (Å²) in [6, 6.07) is 1.99. The van der Waals surface area contributed by atoms with Gasteiger partial charge in [0.1, 0.15) is 0 Å². The number of rotatable bonds is 0.